The van der Waals surface area contributed by atoms with Gasteiger partial charge in [0.25, 0.3) is 0 Å². The van der Waals surface area contributed by atoms with E-state index in [-0.39, 0.29) is 85.0 Å². The summed E-state index contributed by atoms with van der Waals surface area (Å²) in [6, 6.07) is 2.13. The van der Waals surface area contributed by atoms with E-state index in [9.17, 15) is 0 Å². The summed E-state index contributed by atoms with van der Waals surface area (Å²) in [5, 5.41) is 0. The number of ether oxygens (including phenoxy) is 15. The standard InChI is InChI=1S/C49H90O27Si8/c1(11-50-27-42-9-10-42)19-77-65-78(20-2-12-51-28-43-35-58-43)68-81(23-5-15-54-31-46-38-61-46)70-79(66-77,21-3-13-52-29-44-36-59-44)72-83(25-7-17-56-33-48-40-63-48)73-80(67-77,22-4-14-53-30-45-37-60-45)71-82(69-78,24-6-16-55-32-47-39-62-47)75-84(74-81,76-83)26-8-18-57-34-49-41-64-49/h42-49H,1-41H2. The van der Waals surface area contributed by atoms with Crippen molar-refractivity contribution in [2.45, 2.75) is 155 Å². The Morgan fingerprint density at radius 2 is 0.357 bits per heavy atom. The first-order valence-electron chi connectivity index (χ1n) is 31.5. The lowest BCUT2D eigenvalue weighted by Crippen LogP contribution is -2.88. The second-order valence-corrected chi connectivity index (χ2v) is 49.0. The molecule has 1 aliphatic carbocycles. The second-order valence-electron chi connectivity index (χ2n) is 24.2. The monoisotopic (exact) mass is 1330 g/mol. The van der Waals surface area contributed by atoms with Gasteiger partial charge in [-0.25, -0.2) is 0 Å². The number of epoxide rings is 7. The first-order chi connectivity index (χ1) is 41.1. The van der Waals surface area contributed by atoms with Crippen molar-refractivity contribution in [2.75, 3.05) is 152 Å². The Morgan fingerprint density at radius 3 is 0.488 bits per heavy atom. The molecule has 8 bridgehead atoms. The van der Waals surface area contributed by atoms with E-state index in [2.05, 4.69) is 0 Å². The molecule has 14 fully saturated rings. The summed E-state index contributed by atoms with van der Waals surface area (Å²) < 4.78 is 186. The highest BCUT2D eigenvalue weighted by atomic mass is 28.6. The van der Waals surface area contributed by atoms with Crippen LogP contribution in [0.2, 0.25) is 48.4 Å². The van der Waals surface area contributed by atoms with Crippen LogP contribution in [0.25, 0.3) is 0 Å². The molecule has 14 aliphatic rings. The highest BCUT2D eigenvalue weighted by molar-refractivity contribution is 7.03. The fourth-order valence-corrected chi connectivity index (χ4v) is 61.0. The highest BCUT2D eigenvalue weighted by Gasteiger charge is 2.83. The van der Waals surface area contributed by atoms with Gasteiger partial charge in [0.2, 0.25) is 0 Å². The Balaban J connectivity index is 0.925. The molecule has 13 heterocycles. The van der Waals surface area contributed by atoms with Crippen molar-refractivity contribution < 1.29 is 120 Å². The molecule has 0 aromatic carbocycles. The van der Waals surface area contributed by atoms with E-state index in [1.54, 1.807) is 0 Å². The molecule has 0 aromatic rings. The average molecular weight is 1340 g/mol. The molecule has 84 heavy (non-hydrogen) atoms. The number of hydrogen-bond donors (Lipinski definition) is 0. The molecule has 0 radical (unpaired) electrons. The van der Waals surface area contributed by atoms with Crippen LogP contribution in [0.1, 0.15) is 64.2 Å². The van der Waals surface area contributed by atoms with Gasteiger partial charge in [0, 0.05) is 108 Å². The van der Waals surface area contributed by atoms with Gasteiger partial charge in [-0.05, 0) is 70.1 Å². The van der Waals surface area contributed by atoms with Crippen LogP contribution in [0.3, 0.4) is 0 Å². The predicted molar refractivity (Wildman–Crippen MR) is 302 cm³/mol. The van der Waals surface area contributed by atoms with E-state index in [1.807, 2.05) is 0 Å². The summed E-state index contributed by atoms with van der Waals surface area (Å²) in [7, 11) is -34.7. The Kier molecular flexibility index (Phi) is 21.8. The molecule has 0 N–H and O–H groups in total. The highest BCUT2D eigenvalue weighted by Crippen LogP contribution is 2.55. The molecule has 0 amide bonds. The fourth-order valence-electron chi connectivity index (χ4n) is 10.9. The van der Waals surface area contributed by atoms with Crippen LogP contribution >= 0.6 is 0 Å². The lowest BCUT2D eigenvalue weighted by molar-refractivity contribution is -0.0343. The summed E-state index contributed by atoms with van der Waals surface area (Å²) in [5.41, 5.74) is 0. The van der Waals surface area contributed by atoms with E-state index in [4.69, 9.17) is 120 Å². The summed E-state index contributed by atoms with van der Waals surface area (Å²) in [5.74, 6) is 0.567. The average Bonchev–Trinajstić information content (AvgIpc) is 1.86. The number of rotatable bonds is 48. The zero-order valence-electron chi connectivity index (χ0n) is 48.6. The van der Waals surface area contributed by atoms with Gasteiger partial charge in [-0.3, -0.25) is 0 Å². The fraction of sp³-hybridized carbons (Fsp3) is 1.00. The lowest BCUT2D eigenvalue weighted by atomic mass is 10.4. The molecule has 480 valence electrons. The van der Waals surface area contributed by atoms with Crippen LogP contribution in [-0.4, -0.2) is 265 Å². The zero-order chi connectivity index (χ0) is 56.7. The van der Waals surface area contributed by atoms with Crippen LogP contribution in [0.5, 0.6) is 0 Å². The lowest BCUT2D eigenvalue weighted by Gasteiger charge is -2.63. The predicted octanol–water partition coefficient (Wildman–Crippen LogP) is 3.22. The van der Waals surface area contributed by atoms with Gasteiger partial charge in [-0.2, -0.15) is 0 Å². The smallest absolute Gasteiger partial charge is 0.381 e. The Bertz CT molecular complexity index is 1570. The molecule has 27 nitrogen and oxygen atoms in total. The SMILES string of the molecule is C(COCC1CC1)C[Si]12O[Si]3(CCCOCC4CO4)O[Si]4(CCCOCC5CO5)O[Si](CCCOCC5CO5)(O1)O[Si]1(CCCOCC5CO5)O[Si](CCCOCC5CO5)(O2)O[Si](CCCOCC2CO2)(O3)O[Si](CCCOCC2CO2)(O4)O1. The van der Waals surface area contributed by atoms with Gasteiger partial charge in [0.1, 0.15) is 42.7 Å². The van der Waals surface area contributed by atoms with Crippen molar-refractivity contribution in [3.05, 3.63) is 0 Å². The van der Waals surface area contributed by atoms with Gasteiger partial charge >= 0.3 is 70.4 Å². The van der Waals surface area contributed by atoms with Gasteiger partial charge in [0.05, 0.1) is 92.5 Å². The maximum absolute atomic E-state index is 8.08. The molecule has 13 saturated heterocycles. The van der Waals surface area contributed by atoms with Crippen LogP contribution in [0, 0.1) is 5.92 Å². The molecule has 14 rings (SSSR count). The van der Waals surface area contributed by atoms with Crippen LogP contribution in [0.15, 0.2) is 0 Å². The van der Waals surface area contributed by atoms with Gasteiger partial charge in [0.15, 0.2) is 0 Å². The van der Waals surface area contributed by atoms with E-state index in [0.717, 1.165) is 0 Å². The summed E-state index contributed by atoms with van der Waals surface area (Å²) >= 11 is 0. The summed E-state index contributed by atoms with van der Waals surface area (Å²) in [4.78, 5) is 0. The van der Waals surface area contributed by atoms with Crippen LogP contribution in [-0.2, 0) is 120 Å². The maximum Gasteiger partial charge on any atom is 0.478 e. The normalized spacial score (nSPS) is 41.6. The van der Waals surface area contributed by atoms with Gasteiger partial charge < -0.3 is 120 Å². The van der Waals surface area contributed by atoms with Gasteiger partial charge in [-0.1, -0.05) is 0 Å². The first-order valence-corrected chi connectivity index (χ1v) is 46.9. The Morgan fingerprint density at radius 1 is 0.214 bits per heavy atom. The first kappa shape index (κ1) is 63.4. The third-order valence-corrected chi connectivity index (χ3v) is 53.5. The van der Waals surface area contributed by atoms with Gasteiger partial charge in [-0.15, -0.1) is 0 Å². The molecule has 0 spiro atoms. The molecule has 13 aliphatic heterocycles. The van der Waals surface area contributed by atoms with Crippen molar-refractivity contribution >= 4 is 70.4 Å². The molecular weight excluding hydrogens is 1250 g/mol. The number of hydrogen-bond acceptors (Lipinski definition) is 27. The minimum atomic E-state index is -4.34. The third-order valence-electron chi connectivity index (χ3n) is 15.9. The minimum absolute atomic E-state index is 0.0720. The minimum Gasteiger partial charge on any atom is -0.381 e. The van der Waals surface area contributed by atoms with Crippen molar-refractivity contribution in [1.82, 2.24) is 0 Å². The third kappa shape index (κ3) is 19.4. The maximum atomic E-state index is 8.08. The van der Waals surface area contributed by atoms with Crippen molar-refractivity contribution in [3.8, 4) is 0 Å². The van der Waals surface area contributed by atoms with Crippen molar-refractivity contribution in [2.24, 2.45) is 5.92 Å². The van der Waals surface area contributed by atoms with E-state index < -0.39 is 70.4 Å². The Labute approximate surface area is 501 Å². The largest absolute Gasteiger partial charge is 0.478 e. The summed E-state index contributed by atoms with van der Waals surface area (Å²) in [6.45, 7) is 11.7. The topological polar surface area (TPSA) is 272 Å². The van der Waals surface area contributed by atoms with Crippen molar-refractivity contribution in [3.63, 3.8) is 0 Å². The second kappa shape index (κ2) is 28.9. The van der Waals surface area contributed by atoms with E-state index >= 15 is 0 Å². The Hall–Kier alpha value is 0.655. The molecule has 1 saturated carbocycles. The van der Waals surface area contributed by atoms with Crippen molar-refractivity contribution in [1.29, 1.82) is 0 Å². The molecular formula is C49H90O27Si8. The van der Waals surface area contributed by atoms with Crippen LogP contribution in [0.4, 0.5) is 0 Å². The molecule has 7 unspecified atom stereocenters. The molecule has 0 aromatic heterocycles. The zero-order valence-corrected chi connectivity index (χ0v) is 56.6. The quantitative estimate of drug-likeness (QED) is 0.0481. The molecule has 35 heteroatoms. The van der Waals surface area contributed by atoms with E-state index in [0.29, 0.717) is 215 Å². The van der Waals surface area contributed by atoms with Crippen LogP contribution < -0.4 is 0 Å². The van der Waals surface area contributed by atoms with E-state index in [1.165, 1.54) is 12.8 Å². The summed E-state index contributed by atoms with van der Waals surface area (Å²) in [6.07, 6.45) is 6.70. The molecule has 7 atom stereocenters.